The Hall–Kier alpha value is -0.810. The fraction of sp³-hybridized carbons (Fsp3) is 0.741. The Labute approximate surface area is 363 Å². The fourth-order valence-corrected chi connectivity index (χ4v) is 9.16. The summed E-state index contributed by atoms with van der Waals surface area (Å²) in [4.78, 5) is 41.1. The van der Waals surface area contributed by atoms with Crippen LogP contribution in [0.5, 0.6) is 0 Å². The first-order chi connectivity index (χ1) is 24.9. The zero-order chi connectivity index (χ0) is 38.6. The third-order valence-electron chi connectivity index (χ3n) is 10.0. The van der Waals surface area contributed by atoms with E-state index in [9.17, 15) is 54.7 Å². The zero-order valence-electron chi connectivity index (χ0n) is 30.7. The number of amidine groups is 1. The smallest absolute Gasteiger partial charge is 0.860 e. The number of aliphatic hydroxyl groups is 5. The fourth-order valence-electron chi connectivity index (χ4n) is 7.06. The maximum atomic E-state index is 12.6. The molecule has 0 spiro atoms. The first-order valence-corrected chi connectivity index (χ1v) is 19.5. The molecule has 0 aromatic carbocycles. The summed E-state index contributed by atoms with van der Waals surface area (Å²) in [5.41, 5.74) is 6.09. The number of nitrogen functional groups attached to an aromatic ring is 1. The number of phosphoric ester groups is 2. The molecule has 0 amide bonds. The summed E-state index contributed by atoms with van der Waals surface area (Å²) in [5, 5.41) is 81.2. The van der Waals surface area contributed by atoms with Gasteiger partial charge in [0, 0.05) is 18.6 Å². The molecular weight excluding hydrogens is 814 g/mol. The number of fused-ring (bicyclic) bond motifs is 3. The second-order valence-electron chi connectivity index (χ2n) is 13.6. The third kappa shape index (κ3) is 10.7. The van der Waals surface area contributed by atoms with Gasteiger partial charge < -0.3 is 66.8 Å². The van der Waals surface area contributed by atoms with Gasteiger partial charge in [-0.15, -0.1) is 0 Å². The average Bonchev–Trinajstić information content (AvgIpc) is 3.63. The molecule has 0 bridgehead atoms. The summed E-state index contributed by atoms with van der Waals surface area (Å²) in [6.45, 7) is 1.59. The van der Waals surface area contributed by atoms with Crippen LogP contribution in [0.4, 0.5) is 5.82 Å². The summed E-state index contributed by atoms with van der Waals surface area (Å²) >= 11 is 0. The van der Waals surface area contributed by atoms with E-state index in [1.807, 2.05) is 6.92 Å². The monoisotopic (exact) mass is 857 g/mol. The van der Waals surface area contributed by atoms with E-state index in [0.29, 0.717) is 12.8 Å². The number of aromatic nitrogens is 4. The summed E-state index contributed by atoms with van der Waals surface area (Å²) in [5.74, 6) is -0.180. The molecule has 0 radical (unpaired) electrons. The number of rotatable bonds is 13. The number of hydrogen-bond donors (Lipinski definition) is 9. The predicted octanol–water partition coefficient (Wildman–Crippen LogP) is -11.6. The molecule has 29 heteroatoms. The molecule has 3 fully saturated rings. The number of nitrogens with one attached hydrogen (secondary N) is 1. The van der Waals surface area contributed by atoms with Crippen LogP contribution in [0.15, 0.2) is 22.6 Å². The molecule has 3 aliphatic heterocycles. The second kappa shape index (κ2) is 19.7. The number of aliphatic hydroxyl groups excluding tert-OH is 5. The van der Waals surface area contributed by atoms with Gasteiger partial charge in [-0.3, -0.25) is 28.5 Å². The SMILES string of the molecule is CC1CC2NC3C([O-])=NC([O-])=NC3N(C[C@H](O)[C@H](O)[C@H](O)COP(=O)(O)OP(=O)(O)OC[C@H]3O[C@@H](n4cnc5c(N)ncnc54)[C@H](O)[C@@H]3O)C2CC1C.O.[Na+].[Na+]. The molecule has 6 rings (SSSR count). The minimum atomic E-state index is -5.51. The van der Waals surface area contributed by atoms with E-state index in [1.54, 1.807) is 4.90 Å². The van der Waals surface area contributed by atoms with Crippen molar-refractivity contribution in [3.8, 4) is 0 Å². The third-order valence-corrected chi connectivity index (χ3v) is 12.7. The number of nitrogens with zero attached hydrogens (tertiary/aromatic N) is 7. The summed E-state index contributed by atoms with van der Waals surface area (Å²) < 4.78 is 45.5. The summed E-state index contributed by atoms with van der Waals surface area (Å²) in [6, 6.07) is -2.54. The number of nitrogens with two attached hydrogens (primary N) is 1. The molecule has 8 unspecified atom stereocenters. The number of piperazine rings is 1. The van der Waals surface area contributed by atoms with Gasteiger partial charge in [-0.2, -0.15) is 4.31 Å². The van der Waals surface area contributed by atoms with Crippen molar-refractivity contribution in [2.24, 2.45) is 21.8 Å². The second-order valence-corrected chi connectivity index (χ2v) is 16.6. The first kappa shape index (κ1) is 49.6. The molecule has 304 valence electrons. The Kier molecular flexibility index (Phi) is 17.4. The summed E-state index contributed by atoms with van der Waals surface area (Å²) in [7, 11) is -11.0. The minimum Gasteiger partial charge on any atom is -0.860 e. The largest absolute Gasteiger partial charge is 1.00 e. The van der Waals surface area contributed by atoms with Crippen molar-refractivity contribution in [1.29, 1.82) is 0 Å². The van der Waals surface area contributed by atoms with E-state index in [-0.39, 0.29) is 112 Å². The van der Waals surface area contributed by atoms with E-state index >= 15 is 0 Å². The Morgan fingerprint density at radius 1 is 1.02 bits per heavy atom. The van der Waals surface area contributed by atoms with E-state index in [0.717, 1.165) is 6.33 Å². The Morgan fingerprint density at radius 3 is 2.38 bits per heavy atom. The molecule has 25 nitrogen and oxygen atoms in total. The molecular formula is C27H43N9Na2O16P2. The maximum Gasteiger partial charge on any atom is 1.00 e. The van der Waals surface area contributed by atoms with Crippen molar-refractivity contribution in [1.82, 2.24) is 29.7 Å². The number of phosphoric acid groups is 2. The number of β-amino-alcohol motifs (C(OH)–C–C–N with tert-alkyl or cyclic N) is 1. The Bertz CT molecular complexity index is 1820. The molecule has 12 N–H and O–H groups in total. The molecule has 15 atom stereocenters. The molecule has 1 saturated carbocycles. The average molecular weight is 858 g/mol. The van der Waals surface area contributed by atoms with Crippen molar-refractivity contribution in [3.63, 3.8) is 0 Å². The van der Waals surface area contributed by atoms with E-state index in [2.05, 4.69) is 46.0 Å². The number of imidazole rings is 1. The van der Waals surface area contributed by atoms with E-state index in [1.165, 1.54) is 10.9 Å². The quantitative estimate of drug-likeness (QED) is 0.0667. The standard InChI is InChI=1S/C27H43N9O15P2.2Na.H2O/c1-10-3-12-13(4-11(10)2)35(24-18(32-12)25(42)34-27(43)33-24)5-14(37)19(39)15(38)6-48-52(44,45)51-53(46,47)49-7-16-20(40)21(41)26(50-16)36-9-31-17-22(28)29-8-30-23(17)36;;;/h8-16,18-21,24,26,32,37-41H,3-7H2,1-2H3,(H,44,45)(H,46,47)(H2,28,29,30)(H2,33,34,42,43);;;1H2/q;2*+1;/p-2/t10?,11?,12?,13?,14-,15+,16+,18?,19-,20+,21+,24?,26+;;;/m0.../s1. The molecule has 2 aromatic rings. The maximum absolute atomic E-state index is 12.6. The van der Waals surface area contributed by atoms with Gasteiger partial charge in [0.05, 0.1) is 37.7 Å². The van der Waals surface area contributed by atoms with Crippen molar-refractivity contribution in [2.75, 3.05) is 25.5 Å². The van der Waals surface area contributed by atoms with Gasteiger partial charge in [-0.25, -0.2) is 24.1 Å². The Balaban J connectivity index is 0.00000280. The molecule has 2 saturated heterocycles. The molecule has 4 aliphatic rings. The van der Waals surface area contributed by atoms with Crippen LogP contribution in [0.3, 0.4) is 0 Å². The van der Waals surface area contributed by atoms with Gasteiger partial charge in [0.1, 0.15) is 48.5 Å². The van der Waals surface area contributed by atoms with Crippen LogP contribution in [0.2, 0.25) is 0 Å². The van der Waals surface area contributed by atoms with E-state index < -0.39 is 95.8 Å². The van der Waals surface area contributed by atoms with Crippen LogP contribution in [-0.2, 0) is 27.2 Å². The van der Waals surface area contributed by atoms with Gasteiger partial charge >= 0.3 is 74.8 Å². The topological polar surface area (TPSA) is 400 Å². The first-order valence-electron chi connectivity index (χ1n) is 16.5. The van der Waals surface area contributed by atoms with Crippen LogP contribution in [0.25, 0.3) is 11.2 Å². The van der Waals surface area contributed by atoms with Crippen LogP contribution < -0.4 is 80.4 Å². The number of aliphatic imine (C=N–C) groups is 2. The van der Waals surface area contributed by atoms with Crippen molar-refractivity contribution < 1.29 is 137 Å². The molecule has 56 heavy (non-hydrogen) atoms. The number of ether oxygens (including phenoxy) is 1. The van der Waals surface area contributed by atoms with Gasteiger partial charge in [0.25, 0.3) is 0 Å². The molecule has 1 aliphatic carbocycles. The normalized spacial score (nSPS) is 34.1. The van der Waals surface area contributed by atoms with Gasteiger partial charge in [-0.1, -0.05) is 13.8 Å². The van der Waals surface area contributed by atoms with Crippen LogP contribution in [0.1, 0.15) is 32.9 Å². The van der Waals surface area contributed by atoms with Crippen molar-refractivity contribution in [3.05, 3.63) is 12.7 Å². The van der Waals surface area contributed by atoms with Crippen LogP contribution in [0, 0.1) is 11.8 Å². The van der Waals surface area contributed by atoms with Gasteiger partial charge in [0.2, 0.25) is 0 Å². The minimum absolute atomic E-state index is 0. The molecule has 5 heterocycles. The van der Waals surface area contributed by atoms with Gasteiger partial charge in [0.15, 0.2) is 17.7 Å². The number of anilines is 1. The Morgan fingerprint density at radius 2 is 1.68 bits per heavy atom. The van der Waals surface area contributed by atoms with Crippen LogP contribution >= 0.6 is 15.6 Å². The zero-order valence-corrected chi connectivity index (χ0v) is 36.5. The number of hydrogen-bond acceptors (Lipinski definition) is 21. The van der Waals surface area contributed by atoms with Crippen molar-refractivity contribution in [2.45, 2.75) is 93.8 Å². The van der Waals surface area contributed by atoms with Crippen LogP contribution in [-0.4, -0.2) is 158 Å². The van der Waals surface area contributed by atoms with Gasteiger partial charge in [-0.05, 0) is 30.6 Å². The predicted molar refractivity (Wildman–Crippen MR) is 177 cm³/mol. The van der Waals surface area contributed by atoms with E-state index in [4.69, 9.17) is 15.0 Å². The van der Waals surface area contributed by atoms with Crippen molar-refractivity contribution >= 4 is 44.5 Å². The summed E-state index contributed by atoms with van der Waals surface area (Å²) in [6.07, 6.45) is -9.40. The molecule has 2 aromatic heterocycles.